The number of fused-ring (bicyclic) bond motifs is 2. The predicted octanol–water partition coefficient (Wildman–Crippen LogP) is 3.73. The molecule has 0 unspecified atom stereocenters. The van der Waals surface area contributed by atoms with Crippen LogP contribution in [-0.2, 0) is 16.6 Å². The molecule has 6 nitrogen and oxygen atoms in total. The fourth-order valence-electron chi connectivity index (χ4n) is 3.29. The number of methoxy groups -OCH3 is 1. The number of aryl methyl sites for hydroxylation is 1. The summed E-state index contributed by atoms with van der Waals surface area (Å²) in [6.07, 6.45) is 2.96. The van der Waals surface area contributed by atoms with Crippen LogP contribution < -0.4 is 9.47 Å². The zero-order chi connectivity index (χ0) is 19.8. The van der Waals surface area contributed by atoms with E-state index in [1.807, 2.05) is 42.1 Å². The number of hydrogen-bond acceptors (Lipinski definition) is 5. The van der Waals surface area contributed by atoms with Gasteiger partial charge in [-0.25, -0.2) is 4.79 Å². The van der Waals surface area contributed by atoms with Crippen molar-refractivity contribution >= 4 is 28.7 Å². The molecule has 2 heterocycles. The number of Topliss-reactive ketones (excluding diaryl/α,β-unsaturated/α-hetero) is 1. The highest BCUT2D eigenvalue weighted by atomic mass is 16.6. The Labute approximate surface area is 161 Å². The average molecular weight is 377 g/mol. The van der Waals surface area contributed by atoms with E-state index in [9.17, 15) is 9.59 Å². The van der Waals surface area contributed by atoms with Gasteiger partial charge in [0, 0.05) is 35.8 Å². The van der Waals surface area contributed by atoms with Crippen molar-refractivity contribution in [1.29, 1.82) is 0 Å². The minimum absolute atomic E-state index is 0.185. The standard InChI is InChI=1S/C22H19NO5/c1-13(22(25)26-3)27-15-8-9-17-19(11-15)28-20(21(17)24)10-14-12-23(2)18-7-5-4-6-16(14)18/h4-13H,1-3H3/t13-/m1/s1. The Bertz CT molecular complexity index is 1130. The SMILES string of the molecule is COC(=O)[C@@H](C)Oc1ccc2c(c1)OC(=Cc1cn(C)c3ccccc13)C2=O. The minimum Gasteiger partial charge on any atom is -0.479 e. The first-order chi connectivity index (χ1) is 13.5. The molecule has 0 aliphatic carbocycles. The van der Waals surface area contributed by atoms with E-state index in [0.717, 1.165) is 16.5 Å². The minimum atomic E-state index is -0.758. The Morgan fingerprint density at radius 3 is 2.79 bits per heavy atom. The molecule has 0 saturated carbocycles. The van der Waals surface area contributed by atoms with Gasteiger partial charge in [0.25, 0.3) is 0 Å². The number of para-hydroxylation sites is 1. The fourth-order valence-corrected chi connectivity index (χ4v) is 3.29. The largest absolute Gasteiger partial charge is 0.479 e. The molecular formula is C22H19NO5. The molecule has 0 saturated heterocycles. The van der Waals surface area contributed by atoms with Gasteiger partial charge in [-0.3, -0.25) is 4.79 Å². The lowest BCUT2D eigenvalue weighted by atomic mass is 10.1. The summed E-state index contributed by atoms with van der Waals surface area (Å²) in [5, 5.41) is 1.04. The second-order valence-electron chi connectivity index (χ2n) is 6.59. The lowest BCUT2D eigenvalue weighted by molar-refractivity contribution is -0.147. The normalized spacial score (nSPS) is 15.4. The van der Waals surface area contributed by atoms with E-state index in [1.165, 1.54) is 7.11 Å². The summed E-state index contributed by atoms with van der Waals surface area (Å²) in [5.41, 5.74) is 2.44. The number of ketones is 1. The molecule has 0 bridgehead atoms. The molecule has 2 aromatic carbocycles. The van der Waals surface area contributed by atoms with Crippen molar-refractivity contribution in [2.45, 2.75) is 13.0 Å². The van der Waals surface area contributed by atoms with E-state index >= 15 is 0 Å². The molecular weight excluding hydrogens is 358 g/mol. The van der Waals surface area contributed by atoms with E-state index < -0.39 is 12.1 Å². The van der Waals surface area contributed by atoms with Gasteiger partial charge >= 0.3 is 5.97 Å². The lowest BCUT2D eigenvalue weighted by Crippen LogP contribution is -2.24. The van der Waals surface area contributed by atoms with Gasteiger partial charge in [-0.2, -0.15) is 0 Å². The van der Waals surface area contributed by atoms with Crippen molar-refractivity contribution in [3.05, 3.63) is 65.5 Å². The van der Waals surface area contributed by atoms with E-state index in [2.05, 4.69) is 4.74 Å². The van der Waals surface area contributed by atoms with Crippen LogP contribution in [0.2, 0.25) is 0 Å². The molecule has 0 N–H and O–H groups in total. The lowest BCUT2D eigenvalue weighted by Gasteiger charge is -2.12. The Balaban J connectivity index is 1.63. The number of rotatable bonds is 4. The highest BCUT2D eigenvalue weighted by molar-refractivity contribution is 6.15. The topological polar surface area (TPSA) is 66.8 Å². The molecule has 6 heteroatoms. The highest BCUT2D eigenvalue weighted by Gasteiger charge is 2.28. The van der Waals surface area contributed by atoms with Gasteiger partial charge in [-0.1, -0.05) is 18.2 Å². The second kappa shape index (κ2) is 6.88. The Morgan fingerprint density at radius 2 is 2.00 bits per heavy atom. The van der Waals surface area contributed by atoms with E-state index in [4.69, 9.17) is 9.47 Å². The van der Waals surface area contributed by atoms with Crippen LogP contribution in [0, 0.1) is 0 Å². The Morgan fingerprint density at radius 1 is 1.21 bits per heavy atom. The Kier molecular flexibility index (Phi) is 4.39. The van der Waals surface area contributed by atoms with Crippen molar-refractivity contribution < 1.29 is 23.8 Å². The number of carbonyl (C=O) groups is 2. The number of nitrogens with zero attached hydrogens (tertiary/aromatic N) is 1. The number of carbonyl (C=O) groups excluding carboxylic acids is 2. The van der Waals surface area contributed by atoms with Crippen molar-refractivity contribution in [3.8, 4) is 11.5 Å². The van der Waals surface area contributed by atoms with Crippen LogP contribution in [0.1, 0.15) is 22.8 Å². The summed E-state index contributed by atoms with van der Waals surface area (Å²) in [6.45, 7) is 1.59. The molecule has 1 aliphatic heterocycles. The number of hydrogen-bond donors (Lipinski definition) is 0. The average Bonchev–Trinajstić information content (AvgIpc) is 3.18. The quantitative estimate of drug-likeness (QED) is 0.512. The van der Waals surface area contributed by atoms with Crippen LogP contribution in [-0.4, -0.2) is 29.5 Å². The number of ether oxygens (including phenoxy) is 3. The van der Waals surface area contributed by atoms with Gasteiger partial charge in [0.05, 0.1) is 12.7 Å². The predicted molar refractivity (Wildman–Crippen MR) is 104 cm³/mol. The molecule has 0 radical (unpaired) electrons. The van der Waals surface area contributed by atoms with E-state index in [0.29, 0.717) is 17.1 Å². The van der Waals surface area contributed by atoms with Crippen molar-refractivity contribution in [3.63, 3.8) is 0 Å². The summed E-state index contributed by atoms with van der Waals surface area (Å²) in [7, 11) is 3.26. The summed E-state index contributed by atoms with van der Waals surface area (Å²) in [5.74, 6) is 0.427. The molecule has 0 amide bonds. The third kappa shape index (κ3) is 3.03. The third-order valence-electron chi connectivity index (χ3n) is 4.70. The van der Waals surface area contributed by atoms with Gasteiger partial charge in [0.2, 0.25) is 5.78 Å². The summed E-state index contributed by atoms with van der Waals surface area (Å²) in [6, 6.07) is 12.9. The zero-order valence-electron chi connectivity index (χ0n) is 15.8. The van der Waals surface area contributed by atoms with Crippen molar-refractivity contribution in [2.75, 3.05) is 7.11 Å². The van der Waals surface area contributed by atoms with Crippen LogP contribution in [0.3, 0.4) is 0 Å². The Hall–Kier alpha value is -3.54. The van der Waals surface area contributed by atoms with Crippen LogP contribution in [0.15, 0.2) is 54.4 Å². The molecule has 1 atom stereocenters. The molecule has 1 aromatic heterocycles. The molecule has 0 spiro atoms. The molecule has 3 aromatic rings. The molecule has 4 rings (SSSR count). The van der Waals surface area contributed by atoms with E-state index in [1.54, 1.807) is 31.2 Å². The highest BCUT2D eigenvalue weighted by Crippen LogP contribution is 2.36. The first-order valence-corrected chi connectivity index (χ1v) is 8.85. The molecule has 0 fully saturated rings. The molecule has 142 valence electrons. The fraction of sp³-hybridized carbons (Fsp3) is 0.182. The zero-order valence-corrected chi connectivity index (χ0v) is 15.8. The van der Waals surface area contributed by atoms with Crippen molar-refractivity contribution in [1.82, 2.24) is 4.57 Å². The van der Waals surface area contributed by atoms with Crippen LogP contribution in [0.25, 0.3) is 17.0 Å². The van der Waals surface area contributed by atoms with Crippen LogP contribution in [0.5, 0.6) is 11.5 Å². The van der Waals surface area contributed by atoms with Gasteiger partial charge in [0.1, 0.15) is 11.5 Å². The monoisotopic (exact) mass is 377 g/mol. The van der Waals surface area contributed by atoms with Gasteiger partial charge in [-0.05, 0) is 31.2 Å². The van der Waals surface area contributed by atoms with Crippen LogP contribution in [0.4, 0.5) is 0 Å². The van der Waals surface area contributed by atoms with Crippen LogP contribution >= 0.6 is 0 Å². The maximum absolute atomic E-state index is 12.7. The van der Waals surface area contributed by atoms with E-state index in [-0.39, 0.29) is 11.5 Å². The number of esters is 1. The summed E-state index contributed by atoms with van der Waals surface area (Å²) >= 11 is 0. The molecule has 1 aliphatic rings. The first-order valence-electron chi connectivity index (χ1n) is 8.85. The number of allylic oxidation sites excluding steroid dienone is 1. The van der Waals surface area contributed by atoms with Crippen molar-refractivity contribution in [2.24, 2.45) is 7.05 Å². The smallest absolute Gasteiger partial charge is 0.346 e. The maximum Gasteiger partial charge on any atom is 0.346 e. The van der Waals surface area contributed by atoms with Gasteiger partial charge < -0.3 is 18.8 Å². The van der Waals surface area contributed by atoms with Gasteiger partial charge in [-0.15, -0.1) is 0 Å². The maximum atomic E-state index is 12.7. The molecule has 28 heavy (non-hydrogen) atoms. The number of aromatic nitrogens is 1. The third-order valence-corrected chi connectivity index (χ3v) is 4.70. The summed E-state index contributed by atoms with van der Waals surface area (Å²) < 4.78 is 18.0. The summed E-state index contributed by atoms with van der Waals surface area (Å²) in [4.78, 5) is 24.2. The first kappa shape index (κ1) is 17.9. The second-order valence-corrected chi connectivity index (χ2v) is 6.59. The van der Waals surface area contributed by atoms with Gasteiger partial charge in [0.15, 0.2) is 11.9 Å². The number of benzene rings is 2.